The van der Waals surface area contributed by atoms with Crippen LogP contribution in [0, 0.1) is 11.6 Å². The molecular weight excluding hydrogens is 606 g/mol. The van der Waals surface area contributed by atoms with E-state index in [1.807, 2.05) is 18.2 Å². The number of carbonyl (C=O) groups is 2. The Morgan fingerprint density at radius 1 is 1.06 bits per heavy atom. The molecule has 1 aliphatic rings. The van der Waals surface area contributed by atoms with Crippen molar-refractivity contribution in [1.82, 2.24) is 20.5 Å². The summed E-state index contributed by atoms with van der Waals surface area (Å²) in [4.78, 5) is 33.5. The van der Waals surface area contributed by atoms with Crippen LogP contribution in [-0.4, -0.2) is 71.8 Å². The molecule has 0 saturated carbocycles. The maximum atomic E-state index is 14.1. The molecule has 5 rings (SSSR count). The number of ether oxygens (including phenoxy) is 1. The number of rotatable bonds is 14. The SMILES string of the molecule is CCc1cccc(CNC[C@@H](O)[C@H](Cc2cc(F)cc(F)c2)NC(=O)c2cc(C(=O)N3CCC[C@@H]3COC)cc(-c3ncco3)c2)c1. The molecular formula is C36H40F2N4O5. The number of nitrogens with one attached hydrogen (secondary N) is 2. The molecule has 1 saturated heterocycles. The zero-order valence-corrected chi connectivity index (χ0v) is 26.5. The molecule has 0 unspecified atom stereocenters. The summed E-state index contributed by atoms with van der Waals surface area (Å²) in [5, 5.41) is 17.4. The summed E-state index contributed by atoms with van der Waals surface area (Å²) in [5.41, 5.74) is 3.33. The van der Waals surface area contributed by atoms with E-state index in [2.05, 4.69) is 28.6 Å². The van der Waals surface area contributed by atoms with Crippen molar-refractivity contribution < 1.29 is 32.6 Å². The number of aromatic nitrogens is 1. The molecule has 11 heteroatoms. The maximum Gasteiger partial charge on any atom is 0.254 e. The molecule has 1 aliphatic heterocycles. The highest BCUT2D eigenvalue weighted by molar-refractivity contribution is 6.01. The lowest BCUT2D eigenvalue weighted by Gasteiger charge is -2.26. The van der Waals surface area contributed by atoms with Gasteiger partial charge in [0.1, 0.15) is 17.9 Å². The normalized spacial score (nSPS) is 15.9. The zero-order valence-electron chi connectivity index (χ0n) is 26.5. The summed E-state index contributed by atoms with van der Waals surface area (Å²) in [6.07, 6.45) is 4.23. The minimum absolute atomic E-state index is 0.0493. The van der Waals surface area contributed by atoms with E-state index in [0.29, 0.717) is 25.3 Å². The molecule has 2 heterocycles. The second-order valence-corrected chi connectivity index (χ2v) is 11.8. The van der Waals surface area contributed by atoms with Gasteiger partial charge in [0.25, 0.3) is 11.8 Å². The van der Waals surface area contributed by atoms with Gasteiger partial charge in [0.15, 0.2) is 0 Å². The summed E-state index contributed by atoms with van der Waals surface area (Å²) >= 11 is 0. The van der Waals surface area contributed by atoms with Crippen LogP contribution >= 0.6 is 0 Å². The number of aliphatic hydroxyl groups is 1. The van der Waals surface area contributed by atoms with E-state index >= 15 is 0 Å². The van der Waals surface area contributed by atoms with E-state index in [-0.39, 0.29) is 47.5 Å². The van der Waals surface area contributed by atoms with Gasteiger partial charge >= 0.3 is 0 Å². The lowest BCUT2D eigenvalue weighted by Crippen LogP contribution is -2.48. The number of aliphatic hydroxyl groups excluding tert-OH is 1. The molecule has 0 bridgehead atoms. The number of nitrogens with zero attached hydrogens (tertiary/aromatic N) is 2. The van der Waals surface area contributed by atoms with Gasteiger partial charge in [0.2, 0.25) is 5.89 Å². The van der Waals surface area contributed by atoms with Crippen LogP contribution in [0.2, 0.25) is 0 Å². The Kier molecular flexibility index (Phi) is 11.5. The highest BCUT2D eigenvalue weighted by Crippen LogP contribution is 2.26. The largest absolute Gasteiger partial charge is 0.445 e. The number of oxazole rings is 1. The summed E-state index contributed by atoms with van der Waals surface area (Å²) in [6.45, 7) is 3.60. The highest BCUT2D eigenvalue weighted by atomic mass is 19.1. The number of hydrogen-bond donors (Lipinski definition) is 3. The van der Waals surface area contributed by atoms with Gasteiger partial charge in [-0.1, -0.05) is 31.2 Å². The molecule has 1 aromatic heterocycles. The molecule has 3 atom stereocenters. The monoisotopic (exact) mass is 646 g/mol. The van der Waals surface area contributed by atoms with E-state index < -0.39 is 29.7 Å². The quantitative estimate of drug-likeness (QED) is 0.178. The first kappa shape index (κ1) is 33.9. The van der Waals surface area contributed by atoms with E-state index in [0.717, 1.165) is 30.9 Å². The van der Waals surface area contributed by atoms with E-state index in [1.54, 1.807) is 24.1 Å². The Morgan fingerprint density at radius 2 is 1.83 bits per heavy atom. The van der Waals surface area contributed by atoms with Gasteiger partial charge in [-0.15, -0.1) is 0 Å². The van der Waals surface area contributed by atoms with Crippen molar-refractivity contribution in [2.75, 3.05) is 26.8 Å². The van der Waals surface area contributed by atoms with Crippen LogP contribution in [0.25, 0.3) is 11.5 Å². The van der Waals surface area contributed by atoms with Crippen LogP contribution in [0.4, 0.5) is 8.78 Å². The number of benzene rings is 3. The number of methoxy groups -OCH3 is 1. The topological polar surface area (TPSA) is 117 Å². The fourth-order valence-corrected chi connectivity index (χ4v) is 5.99. The van der Waals surface area contributed by atoms with E-state index in [4.69, 9.17) is 9.15 Å². The number of amides is 2. The predicted octanol–water partition coefficient (Wildman–Crippen LogP) is 4.93. The van der Waals surface area contributed by atoms with Crippen molar-refractivity contribution in [3.8, 4) is 11.5 Å². The van der Waals surface area contributed by atoms with Gasteiger partial charge in [0, 0.05) is 49.5 Å². The minimum atomic E-state index is -1.13. The Hall–Kier alpha value is -4.45. The van der Waals surface area contributed by atoms with Crippen LogP contribution in [0.3, 0.4) is 0 Å². The molecule has 9 nitrogen and oxygen atoms in total. The first-order chi connectivity index (χ1) is 22.7. The number of carbonyl (C=O) groups excluding carboxylic acids is 2. The second kappa shape index (κ2) is 15.9. The minimum Gasteiger partial charge on any atom is -0.445 e. The molecule has 47 heavy (non-hydrogen) atoms. The number of halogens is 2. The first-order valence-corrected chi connectivity index (χ1v) is 15.8. The standard InChI is InChI=1S/C36H40F2N4O5/c1-3-23-6-4-7-24(12-23)20-39-21-33(43)32(15-25-13-29(37)19-30(38)14-25)41-34(44)26-16-27(35-40-9-11-47-35)18-28(17-26)36(45)42-10-5-8-31(42)22-46-2/h4,6-7,9,11-14,16-19,31-33,39,43H,3,5,8,10,15,20-22H2,1-2H3,(H,41,44)/t31-,32+,33-/m1/s1. The van der Waals surface area contributed by atoms with Crippen LogP contribution in [0.5, 0.6) is 0 Å². The van der Waals surface area contributed by atoms with Gasteiger partial charge in [-0.05, 0) is 72.7 Å². The first-order valence-electron chi connectivity index (χ1n) is 15.8. The second-order valence-electron chi connectivity index (χ2n) is 11.8. The smallest absolute Gasteiger partial charge is 0.254 e. The molecule has 2 amide bonds. The van der Waals surface area contributed by atoms with Gasteiger partial charge < -0.3 is 29.8 Å². The van der Waals surface area contributed by atoms with Crippen molar-refractivity contribution in [3.63, 3.8) is 0 Å². The average molecular weight is 647 g/mol. The third-order valence-electron chi connectivity index (χ3n) is 8.36. The molecule has 4 aromatic rings. The predicted molar refractivity (Wildman–Crippen MR) is 173 cm³/mol. The van der Waals surface area contributed by atoms with Crippen molar-refractivity contribution >= 4 is 11.8 Å². The number of aryl methyl sites for hydroxylation is 1. The molecule has 3 aromatic carbocycles. The van der Waals surface area contributed by atoms with E-state index in [1.165, 1.54) is 36.2 Å². The van der Waals surface area contributed by atoms with E-state index in [9.17, 15) is 23.5 Å². The zero-order chi connectivity index (χ0) is 33.3. The summed E-state index contributed by atoms with van der Waals surface area (Å²) in [5.74, 6) is -2.13. The lowest BCUT2D eigenvalue weighted by molar-refractivity contribution is 0.0630. The Balaban J connectivity index is 1.39. The van der Waals surface area contributed by atoms with Crippen LogP contribution < -0.4 is 10.6 Å². The fraction of sp³-hybridized carbons (Fsp3) is 0.361. The Bertz CT molecular complexity index is 1640. The van der Waals surface area contributed by atoms with Gasteiger partial charge in [-0.3, -0.25) is 9.59 Å². The van der Waals surface area contributed by atoms with Gasteiger partial charge in [0.05, 0.1) is 31.0 Å². The highest BCUT2D eigenvalue weighted by Gasteiger charge is 2.31. The Labute approximate surface area is 273 Å². The molecule has 0 aliphatic carbocycles. The molecule has 0 radical (unpaired) electrons. The summed E-state index contributed by atoms with van der Waals surface area (Å²) in [6, 6.07) is 14.8. The number of likely N-dealkylation sites (tertiary alicyclic amines) is 1. The van der Waals surface area contributed by atoms with Gasteiger partial charge in [-0.25, -0.2) is 13.8 Å². The summed E-state index contributed by atoms with van der Waals surface area (Å²) in [7, 11) is 1.59. The summed E-state index contributed by atoms with van der Waals surface area (Å²) < 4.78 is 39.0. The van der Waals surface area contributed by atoms with Crippen LogP contribution in [0.1, 0.15) is 57.2 Å². The van der Waals surface area contributed by atoms with Crippen molar-refractivity contribution in [1.29, 1.82) is 0 Å². The Morgan fingerprint density at radius 3 is 2.55 bits per heavy atom. The molecule has 248 valence electrons. The third kappa shape index (κ3) is 8.88. The number of hydrogen-bond acceptors (Lipinski definition) is 7. The van der Waals surface area contributed by atoms with Crippen LogP contribution in [0.15, 0.2) is 77.5 Å². The maximum absolute atomic E-state index is 14.1. The molecule has 3 N–H and O–H groups in total. The fourth-order valence-electron chi connectivity index (χ4n) is 5.99. The van der Waals surface area contributed by atoms with Crippen molar-refractivity contribution in [2.45, 2.75) is 57.3 Å². The van der Waals surface area contributed by atoms with Gasteiger partial charge in [-0.2, -0.15) is 0 Å². The molecule has 0 spiro atoms. The van der Waals surface area contributed by atoms with Crippen molar-refractivity contribution in [3.05, 3.63) is 113 Å². The molecule has 1 fully saturated rings. The lowest BCUT2D eigenvalue weighted by atomic mass is 9.99. The average Bonchev–Trinajstić information content (AvgIpc) is 3.77. The third-order valence-corrected chi connectivity index (χ3v) is 8.36. The van der Waals surface area contributed by atoms with Crippen LogP contribution in [-0.2, 0) is 24.1 Å². The van der Waals surface area contributed by atoms with Crippen molar-refractivity contribution in [2.24, 2.45) is 0 Å².